The highest BCUT2D eigenvalue weighted by Crippen LogP contribution is 2.41. The Morgan fingerprint density at radius 3 is 2.22 bits per heavy atom. The highest BCUT2D eigenvalue weighted by atomic mass is 16.6. The lowest BCUT2D eigenvalue weighted by Gasteiger charge is -2.19. The van der Waals surface area contributed by atoms with Gasteiger partial charge in [0.15, 0.2) is 0 Å². The van der Waals surface area contributed by atoms with E-state index in [0.29, 0.717) is 5.92 Å². The van der Waals surface area contributed by atoms with Gasteiger partial charge in [-0.15, -0.1) is 0 Å². The number of nitrogens with one attached hydrogen (secondary N) is 1. The predicted octanol–water partition coefficient (Wildman–Crippen LogP) is 4.73. The van der Waals surface area contributed by atoms with Crippen molar-refractivity contribution in [1.82, 2.24) is 5.32 Å². The number of rotatable bonds is 3. The van der Waals surface area contributed by atoms with Crippen LogP contribution >= 0.6 is 0 Å². The first-order valence-corrected chi connectivity index (χ1v) is 8.07. The van der Waals surface area contributed by atoms with E-state index >= 15 is 0 Å². The van der Waals surface area contributed by atoms with Gasteiger partial charge in [0.05, 0.1) is 0 Å². The number of alkyl carbamates (subject to hydrolysis) is 1. The van der Waals surface area contributed by atoms with Crippen molar-refractivity contribution in [2.45, 2.75) is 44.8 Å². The van der Waals surface area contributed by atoms with Gasteiger partial charge in [0.25, 0.3) is 0 Å². The van der Waals surface area contributed by atoms with Crippen LogP contribution in [-0.4, -0.2) is 17.7 Å². The molecule has 0 saturated heterocycles. The summed E-state index contributed by atoms with van der Waals surface area (Å²) in [6.07, 6.45) is 0.648. The quantitative estimate of drug-likeness (QED) is 0.889. The van der Waals surface area contributed by atoms with Gasteiger partial charge in [-0.05, 0) is 43.9 Å². The van der Waals surface area contributed by atoms with Crippen molar-refractivity contribution in [3.63, 3.8) is 0 Å². The van der Waals surface area contributed by atoms with Crippen LogP contribution in [0.25, 0.3) is 11.1 Å². The molecule has 0 bridgehead atoms. The van der Waals surface area contributed by atoms with Crippen LogP contribution in [-0.2, 0) is 4.74 Å². The summed E-state index contributed by atoms with van der Waals surface area (Å²) in [6.45, 7) is 5.62. The number of amides is 1. The Kier molecular flexibility index (Phi) is 4.12. The van der Waals surface area contributed by atoms with E-state index in [1.54, 1.807) is 0 Å². The van der Waals surface area contributed by atoms with E-state index in [4.69, 9.17) is 4.74 Å². The zero-order valence-corrected chi connectivity index (χ0v) is 13.9. The van der Waals surface area contributed by atoms with Gasteiger partial charge in [0.2, 0.25) is 0 Å². The summed E-state index contributed by atoms with van der Waals surface area (Å²) in [4.78, 5) is 11.8. The Hall–Kier alpha value is -2.29. The van der Waals surface area contributed by atoms with Crippen LogP contribution in [0.15, 0.2) is 54.6 Å². The Morgan fingerprint density at radius 2 is 1.61 bits per heavy atom. The van der Waals surface area contributed by atoms with Crippen molar-refractivity contribution in [2.75, 3.05) is 0 Å². The molecule has 1 aliphatic rings. The third-order valence-corrected chi connectivity index (χ3v) is 3.94. The average molecular weight is 309 g/mol. The molecule has 3 heteroatoms. The zero-order valence-electron chi connectivity index (χ0n) is 13.9. The SMILES string of the molecule is CC(C)(C)OC(=O)N[C@H]1CC1c1ccc(-c2ccccc2)cc1. The van der Waals surface area contributed by atoms with Gasteiger partial charge in [-0.1, -0.05) is 54.6 Å². The van der Waals surface area contributed by atoms with Crippen molar-refractivity contribution in [3.8, 4) is 11.1 Å². The number of carbonyl (C=O) groups excluding carboxylic acids is 1. The molecule has 3 rings (SSSR count). The van der Waals surface area contributed by atoms with Gasteiger partial charge < -0.3 is 10.1 Å². The fourth-order valence-electron chi connectivity index (χ4n) is 2.74. The fourth-order valence-corrected chi connectivity index (χ4v) is 2.74. The third-order valence-electron chi connectivity index (χ3n) is 3.94. The molecule has 1 saturated carbocycles. The second-order valence-electron chi connectivity index (χ2n) is 7.08. The largest absolute Gasteiger partial charge is 0.444 e. The lowest BCUT2D eigenvalue weighted by atomic mass is 10.0. The molecule has 0 spiro atoms. The first kappa shape index (κ1) is 15.6. The number of hydrogen-bond acceptors (Lipinski definition) is 2. The van der Waals surface area contributed by atoms with Crippen molar-refractivity contribution in [1.29, 1.82) is 0 Å². The first-order chi connectivity index (χ1) is 10.9. The van der Waals surface area contributed by atoms with Gasteiger partial charge in [0, 0.05) is 12.0 Å². The van der Waals surface area contributed by atoms with E-state index in [2.05, 4.69) is 41.7 Å². The molecule has 1 unspecified atom stereocenters. The van der Waals surface area contributed by atoms with Crippen LogP contribution in [0.4, 0.5) is 4.79 Å². The number of ether oxygens (including phenoxy) is 1. The van der Waals surface area contributed by atoms with Gasteiger partial charge >= 0.3 is 6.09 Å². The van der Waals surface area contributed by atoms with Gasteiger partial charge in [-0.2, -0.15) is 0 Å². The monoisotopic (exact) mass is 309 g/mol. The maximum absolute atomic E-state index is 11.8. The van der Waals surface area contributed by atoms with E-state index in [1.807, 2.05) is 39.0 Å². The van der Waals surface area contributed by atoms with Gasteiger partial charge in [-0.3, -0.25) is 0 Å². The smallest absolute Gasteiger partial charge is 0.407 e. The second kappa shape index (κ2) is 6.07. The Bertz CT molecular complexity index is 671. The molecule has 0 heterocycles. The van der Waals surface area contributed by atoms with Crippen molar-refractivity contribution >= 4 is 6.09 Å². The zero-order chi connectivity index (χ0) is 16.4. The molecule has 2 atom stereocenters. The fraction of sp³-hybridized carbons (Fsp3) is 0.350. The molecule has 1 fully saturated rings. The number of carbonyl (C=O) groups is 1. The molecule has 3 nitrogen and oxygen atoms in total. The molecule has 2 aromatic carbocycles. The minimum Gasteiger partial charge on any atom is -0.444 e. The summed E-state index contributed by atoms with van der Waals surface area (Å²) in [5, 5.41) is 2.94. The Morgan fingerprint density at radius 1 is 1.00 bits per heavy atom. The van der Waals surface area contributed by atoms with E-state index in [1.165, 1.54) is 16.7 Å². The van der Waals surface area contributed by atoms with Crippen LogP contribution in [0.5, 0.6) is 0 Å². The Balaban J connectivity index is 1.59. The molecular formula is C20H23NO2. The molecule has 0 aliphatic heterocycles. The lowest BCUT2D eigenvalue weighted by molar-refractivity contribution is 0.0523. The summed E-state index contributed by atoms with van der Waals surface area (Å²) in [7, 11) is 0. The number of benzene rings is 2. The maximum atomic E-state index is 11.8. The number of hydrogen-bond donors (Lipinski definition) is 1. The Labute approximate surface area is 137 Å². The minimum absolute atomic E-state index is 0.187. The maximum Gasteiger partial charge on any atom is 0.407 e. The van der Waals surface area contributed by atoms with Crippen LogP contribution in [0.1, 0.15) is 38.7 Å². The van der Waals surface area contributed by atoms with Crippen LogP contribution < -0.4 is 5.32 Å². The van der Waals surface area contributed by atoms with Crippen molar-refractivity contribution in [3.05, 3.63) is 60.2 Å². The first-order valence-electron chi connectivity index (χ1n) is 8.07. The second-order valence-corrected chi connectivity index (χ2v) is 7.08. The lowest BCUT2D eigenvalue weighted by Crippen LogP contribution is -2.34. The highest BCUT2D eigenvalue weighted by molar-refractivity contribution is 5.69. The third kappa shape index (κ3) is 4.13. The molecule has 1 N–H and O–H groups in total. The minimum atomic E-state index is -0.453. The highest BCUT2D eigenvalue weighted by Gasteiger charge is 2.40. The van der Waals surface area contributed by atoms with Crippen molar-refractivity contribution in [2.24, 2.45) is 0 Å². The van der Waals surface area contributed by atoms with E-state index < -0.39 is 5.60 Å². The molecular weight excluding hydrogens is 286 g/mol. The summed E-state index contributed by atoms with van der Waals surface area (Å²) < 4.78 is 5.30. The van der Waals surface area contributed by atoms with Crippen molar-refractivity contribution < 1.29 is 9.53 Å². The average Bonchev–Trinajstić information content (AvgIpc) is 3.25. The standard InChI is InChI=1S/C20H23NO2/c1-20(2,3)23-19(22)21-18-13-17(18)16-11-9-15(10-12-16)14-7-5-4-6-8-14/h4-12,17-18H,13H2,1-3H3,(H,21,22)/t17?,18-/m0/s1. The summed E-state index contributed by atoms with van der Waals surface area (Å²) >= 11 is 0. The summed E-state index contributed by atoms with van der Waals surface area (Å²) in [5.41, 5.74) is 3.25. The molecule has 1 aliphatic carbocycles. The molecule has 2 aromatic rings. The molecule has 0 radical (unpaired) electrons. The molecule has 0 aromatic heterocycles. The van der Waals surface area contributed by atoms with E-state index in [0.717, 1.165) is 6.42 Å². The van der Waals surface area contributed by atoms with Gasteiger partial charge in [-0.25, -0.2) is 4.79 Å². The van der Waals surface area contributed by atoms with E-state index in [9.17, 15) is 4.79 Å². The van der Waals surface area contributed by atoms with E-state index in [-0.39, 0.29) is 12.1 Å². The topological polar surface area (TPSA) is 38.3 Å². The molecule has 23 heavy (non-hydrogen) atoms. The predicted molar refractivity (Wildman–Crippen MR) is 92.4 cm³/mol. The molecule has 1 amide bonds. The van der Waals surface area contributed by atoms with Gasteiger partial charge in [0.1, 0.15) is 5.60 Å². The van der Waals surface area contributed by atoms with Crippen LogP contribution in [0, 0.1) is 0 Å². The van der Waals surface area contributed by atoms with Crippen LogP contribution in [0.2, 0.25) is 0 Å². The molecule has 120 valence electrons. The summed E-state index contributed by atoms with van der Waals surface area (Å²) in [5.74, 6) is 0.396. The van der Waals surface area contributed by atoms with Crippen LogP contribution in [0.3, 0.4) is 0 Å². The normalized spacial score (nSPS) is 20.0. The summed E-state index contributed by atoms with van der Waals surface area (Å²) in [6, 6.07) is 19.1.